The van der Waals surface area contributed by atoms with Gasteiger partial charge >= 0.3 is 0 Å². The zero-order valence-electron chi connectivity index (χ0n) is 12.8. The number of fused-ring (bicyclic) bond motifs is 1. The number of ether oxygens (including phenoxy) is 2. The van der Waals surface area contributed by atoms with Gasteiger partial charge in [-0.2, -0.15) is 0 Å². The normalized spacial score (nSPS) is 15.4. The largest absolute Gasteiger partial charge is 0.454 e. The second-order valence-electron chi connectivity index (χ2n) is 5.99. The summed E-state index contributed by atoms with van der Waals surface area (Å²) in [4.78, 5) is 14.7. The minimum absolute atomic E-state index is 0.0995. The molecule has 1 heterocycles. The third kappa shape index (κ3) is 2.91. The first-order chi connectivity index (χ1) is 11.6. The molecular weight excluding hydrogens is 333 g/mol. The number of carbonyl (C=O) groups is 1. The fourth-order valence-corrected chi connectivity index (χ4v) is 3.11. The topological polar surface area (TPSA) is 38.8 Å². The van der Waals surface area contributed by atoms with Crippen molar-refractivity contribution in [2.24, 2.45) is 0 Å². The molecule has 0 N–H and O–H groups in total. The number of carbonyl (C=O) groups excluding carboxylic acids is 1. The Balaban J connectivity index is 1.62. The molecule has 2 aromatic carbocycles. The average Bonchev–Trinajstić information content (AvgIpc) is 3.29. The van der Waals surface area contributed by atoms with E-state index in [1.165, 1.54) is 12.1 Å². The molecule has 0 atom stereocenters. The van der Waals surface area contributed by atoms with E-state index in [2.05, 4.69) is 0 Å². The molecule has 2 aromatic rings. The van der Waals surface area contributed by atoms with Crippen LogP contribution in [0.25, 0.3) is 0 Å². The van der Waals surface area contributed by atoms with E-state index in [4.69, 9.17) is 21.1 Å². The number of halogens is 2. The molecular formula is C18H15ClFNO3. The van der Waals surface area contributed by atoms with Gasteiger partial charge in [0.2, 0.25) is 6.79 Å². The smallest absolute Gasteiger partial charge is 0.254 e. The Morgan fingerprint density at radius 1 is 1.25 bits per heavy atom. The van der Waals surface area contributed by atoms with Gasteiger partial charge in [-0.3, -0.25) is 4.79 Å². The Bertz CT molecular complexity index is 807. The molecule has 1 saturated carbocycles. The van der Waals surface area contributed by atoms with Gasteiger partial charge in [0, 0.05) is 18.2 Å². The molecule has 0 bridgehead atoms. The molecule has 0 unspecified atom stereocenters. The van der Waals surface area contributed by atoms with E-state index < -0.39 is 0 Å². The summed E-state index contributed by atoms with van der Waals surface area (Å²) in [7, 11) is 0. The van der Waals surface area contributed by atoms with Gasteiger partial charge in [-0.25, -0.2) is 4.39 Å². The average molecular weight is 348 g/mol. The Kier molecular flexibility index (Phi) is 3.81. The molecule has 0 spiro atoms. The Hall–Kier alpha value is -2.27. The molecule has 0 radical (unpaired) electrons. The second-order valence-corrected chi connectivity index (χ2v) is 6.39. The summed E-state index contributed by atoms with van der Waals surface area (Å²) in [5.41, 5.74) is 1.22. The molecule has 1 aliphatic heterocycles. The van der Waals surface area contributed by atoms with Crippen LogP contribution in [0.2, 0.25) is 5.02 Å². The third-order valence-electron chi connectivity index (χ3n) is 4.16. The first-order valence-corrected chi connectivity index (χ1v) is 8.14. The number of nitrogens with zero attached hydrogens (tertiary/aromatic N) is 1. The van der Waals surface area contributed by atoms with E-state index in [0.29, 0.717) is 28.6 Å². The van der Waals surface area contributed by atoms with Gasteiger partial charge in [-0.05, 0) is 42.7 Å². The number of hydrogen-bond donors (Lipinski definition) is 0. The van der Waals surface area contributed by atoms with Crippen LogP contribution in [-0.2, 0) is 6.54 Å². The Morgan fingerprint density at radius 3 is 2.83 bits per heavy atom. The first kappa shape index (κ1) is 15.3. The van der Waals surface area contributed by atoms with Crippen LogP contribution in [0, 0.1) is 5.82 Å². The van der Waals surface area contributed by atoms with Crippen molar-refractivity contribution in [3.8, 4) is 11.5 Å². The maximum Gasteiger partial charge on any atom is 0.254 e. The predicted molar refractivity (Wildman–Crippen MR) is 86.9 cm³/mol. The van der Waals surface area contributed by atoms with Crippen molar-refractivity contribution >= 4 is 17.5 Å². The summed E-state index contributed by atoms with van der Waals surface area (Å²) in [6, 6.07) is 9.75. The molecule has 2 aliphatic rings. The van der Waals surface area contributed by atoms with Crippen molar-refractivity contribution < 1.29 is 18.7 Å². The Labute approximate surface area is 143 Å². The van der Waals surface area contributed by atoms with E-state index >= 15 is 0 Å². The molecule has 124 valence electrons. The number of benzene rings is 2. The second kappa shape index (κ2) is 5.98. The van der Waals surface area contributed by atoms with Crippen LogP contribution in [0.1, 0.15) is 28.8 Å². The van der Waals surface area contributed by atoms with Crippen molar-refractivity contribution in [1.29, 1.82) is 0 Å². The van der Waals surface area contributed by atoms with Gasteiger partial charge < -0.3 is 14.4 Å². The van der Waals surface area contributed by atoms with Gasteiger partial charge in [0.15, 0.2) is 11.5 Å². The quantitative estimate of drug-likeness (QED) is 0.838. The van der Waals surface area contributed by atoms with Gasteiger partial charge in [-0.15, -0.1) is 0 Å². The molecule has 0 aromatic heterocycles. The lowest BCUT2D eigenvalue weighted by Crippen LogP contribution is -2.32. The zero-order valence-corrected chi connectivity index (χ0v) is 13.6. The van der Waals surface area contributed by atoms with Gasteiger partial charge in [0.05, 0.1) is 5.02 Å². The van der Waals surface area contributed by atoms with E-state index in [1.807, 2.05) is 6.07 Å². The van der Waals surface area contributed by atoms with Crippen LogP contribution in [-0.4, -0.2) is 23.6 Å². The highest BCUT2D eigenvalue weighted by Gasteiger charge is 2.34. The molecule has 6 heteroatoms. The van der Waals surface area contributed by atoms with Crippen molar-refractivity contribution in [3.05, 3.63) is 58.4 Å². The molecule has 0 saturated heterocycles. The molecule has 4 nitrogen and oxygen atoms in total. The summed E-state index contributed by atoms with van der Waals surface area (Å²) < 4.78 is 24.0. The summed E-state index contributed by atoms with van der Waals surface area (Å²) in [6.07, 6.45) is 1.92. The highest BCUT2D eigenvalue weighted by molar-refractivity contribution is 6.32. The predicted octanol–water partition coefficient (Wildman–Crippen LogP) is 4.01. The van der Waals surface area contributed by atoms with Gasteiger partial charge in [0.1, 0.15) is 5.82 Å². The molecule has 4 rings (SSSR count). The van der Waals surface area contributed by atoms with E-state index in [1.54, 1.807) is 23.1 Å². The van der Waals surface area contributed by atoms with Crippen LogP contribution in [0.15, 0.2) is 36.4 Å². The molecule has 1 fully saturated rings. The van der Waals surface area contributed by atoms with Crippen molar-refractivity contribution in [1.82, 2.24) is 4.90 Å². The summed E-state index contributed by atoms with van der Waals surface area (Å²) in [5.74, 6) is 0.507. The number of amides is 1. The molecule has 24 heavy (non-hydrogen) atoms. The minimum atomic E-state index is -0.304. The van der Waals surface area contributed by atoms with Crippen molar-refractivity contribution in [2.45, 2.75) is 25.4 Å². The van der Waals surface area contributed by atoms with Crippen LogP contribution < -0.4 is 9.47 Å². The van der Waals surface area contributed by atoms with E-state index in [0.717, 1.165) is 18.4 Å². The fourth-order valence-electron chi connectivity index (χ4n) is 2.84. The van der Waals surface area contributed by atoms with Crippen molar-refractivity contribution in [3.63, 3.8) is 0 Å². The lowest BCUT2D eigenvalue weighted by molar-refractivity contribution is 0.0729. The monoisotopic (exact) mass is 347 g/mol. The standard InChI is InChI=1S/C18H15ClFNO3/c19-15-7-12(8-16-17(15)24-10-23-16)18(22)21(14-4-5-14)9-11-2-1-3-13(20)6-11/h1-3,6-8,14H,4-5,9-10H2. The highest BCUT2D eigenvalue weighted by atomic mass is 35.5. The van der Waals surface area contributed by atoms with E-state index in [9.17, 15) is 9.18 Å². The molecule has 1 aliphatic carbocycles. The van der Waals surface area contributed by atoms with Crippen LogP contribution in [0.5, 0.6) is 11.5 Å². The summed E-state index contributed by atoms with van der Waals surface area (Å²) >= 11 is 6.17. The summed E-state index contributed by atoms with van der Waals surface area (Å²) in [6.45, 7) is 0.468. The minimum Gasteiger partial charge on any atom is -0.454 e. The number of rotatable bonds is 4. The Morgan fingerprint density at radius 2 is 2.08 bits per heavy atom. The van der Waals surface area contributed by atoms with Gasteiger partial charge in [-0.1, -0.05) is 23.7 Å². The zero-order chi connectivity index (χ0) is 16.7. The lowest BCUT2D eigenvalue weighted by atomic mass is 10.1. The molecule has 1 amide bonds. The number of hydrogen-bond acceptors (Lipinski definition) is 3. The van der Waals surface area contributed by atoms with Gasteiger partial charge in [0.25, 0.3) is 5.91 Å². The van der Waals surface area contributed by atoms with Crippen molar-refractivity contribution in [2.75, 3.05) is 6.79 Å². The fraction of sp³-hybridized carbons (Fsp3) is 0.278. The third-order valence-corrected chi connectivity index (χ3v) is 4.45. The summed E-state index contributed by atoms with van der Waals surface area (Å²) in [5, 5.41) is 0.356. The highest BCUT2D eigenvalue weighted by Crippen LogP contribution is 2.40. The maximum atomic E-state index is 13.4. The van der Waals surface area contributed by atoms with Crippen LogP contribution in [0.4, 0.5) is 4.39 Å². The lowest BCUT2D eigenvalue weighted by Gasteiger charge is -2.23. The van der Waals surface area contributed by atoms with Crippen LogP contribution >= 0.6 is 11.6 Å². The maximum absolute atomic E-state index is 13.4. The first-order valence-electron chi connectivity index (χ1n) is 7.76. The van der Waals surface area contributed by atoms with Crippen LogP contribution in [0.3, 0.4) is 0 Å². The van der Waals surface area contributed by atoms with E-state index in [-0.39, 0.29) is 24.6 Å². The SMILES string of the molecule is O=C(c1cc(Cl)c2c(c1)OCO2)N(Cc1cccc(F)c1)C1CC1.